The number of aromatic nitrogens is 1. The number of unbranched alkanes of at least 4 members (excludes halogenated alkanes) is 1. The molecule has 23 heavy (non-hydrogen) atoms. The molecule has 120 valence electrons. The molecule has 0 atom stereocenters. The number of aryl methyl sites for hydroxylation is 1. The molecule has 1 aromatic carbocycles. The molecule has 0 aliphatic heterocycles. The van der Waals surface area contributed by atoms with Crippen LogP contribution in [0.5, 0.6) is 0 Å². The van der Waals surface area contributed by atoms with E-state index < -0.39 is 0 Å². The topological polar surface area (TPSA) is 42.0 Å². The molecule has 1 amide bonds. The van der Waals surface area contributed by atoms with Gasteiger partial charge in [-0.25, -0.2) is 9.37 Å². The van der Waals surface area contributed by atoms with Crippen molar-refractivity contribution < 1.29 is 9.18 Å². The number of nitrogens with zero attached hydrogens (tertiary/aromatic N) is 1. The van der Waals surface area contributed by atoms with E-state index in [1.165, 1.54) is 19.1 Å². The number of amides is 1. The largest absolute Gasteiger partial charge is 0.311 e. The van der Waals surface area contributed by atoms with Crippen LogP contribution in [0.25, 0.3) is 5.57 Å². The number of halogens is 1. The van der Waals surface area contributed by atoms with Crippen LogP contribution in [-0.4, -0.2) is 10.9 Å². The molecule has 0 aliphatic rings. The standard InChI is InChI=1S/C19H21FN2O/c1-4-5-6-18(17-9-8-16(20)11-13(17)2)15-7-10-19(21-12-15)22-14(3)23/h6-12H,4-5H2,1-3H3,(H,21,22,23). The van der Waals surface area contributed by atoms with Crippen molar-refractivity contribution >= 4 is 17.3 Å². The molecule has 1 aromatic heterocycles. The van der Waals surface area contributed by atoms with Crippen LogP contribution >= 0.6 is 0 Å². The van der Waals surface area contributed by atoms with Gasteiger partial charge in [-0.05, 0) is 54.3 Å². The minimum atomic E-state index is -0.236. The summed E-state index contributed by atoms with van der Waals surface area (Å²) < 4.78 is 13.4. The average molecular weight is 312 g/mol. The Hall–Kier alpha value is -2.49. The maximum atomic E-state index is 13.4. The van der Waals surface area contributed by atoms with Crippen LogP contribution in [0.2, 0.25) is 0 Å². The second-order valence-corrected chi connectivity index (χ2v) is 5.48. The van der Waals surface area contributed by atoms with E-state index in [4.69, 9.17) is 0 Å². The van der Waals surface area contributed by atoms with Crippen molar-refractivity contribution in [3.05, 3.63) is 65.1 Å². The molecular formula is C19H21FN2O. The lowest BCUT2D eigenvalue weighted by molar-refractivity contribution is -0.114. The number of allylic oxidation sites excluding steroid dienone is 1. The summed E-state index contributed by atoms with van der Waals surface area (Å²) in [5.41, 5.74) is 3.86. The summed E-state index contributed by atoms with van der Waals surface area (Å²) in [6.07, 6.45) is 5.84. The zero-order valence-electron chi connectivity index (χ0n) is 13.7. The Morgan fingerprint density at radius 3 is 2.65 bits per heavy atom. The number of carbonyl (C=O) groups is 1. The van der Waals surface area contributed by atoms with E-state index in [9.17, 15) is 9.18 Å². The lowest BCUT2D eigenvalue weighted by Gasteiger charge is -2.12. The van der Waals surface area contributed by atoms with Gasteiger partial charge in [0.1, 0.15) is 11.6 Å². The zero-order chi connectivity index (χ0) is 16.8. The van der Waals surface area contributed by atoms with E-state index in [0.717, 1.165) is 35.1 Å². The molecule has 1 N–H and O–H groups in total. The van der Waals surface area contributed by atoms with Crippen molar-refractivity contribution in [2.45, 2.75) is 33.6 Å². The maximum absolute atomic E-state index is 13.4. The first kappa shape index (κ1) is 16.9. The van der Waals surface area contributed by atoms with Gasteiger partial charge in [-0.3, -0.25) is 4.79 Å². The molecule has 2 rings (SSSR count). The summed E-state index contributed by atoms with van der Waals surface area (Å²) in [6.45, 7) is 5.46. The van der Waals surface area contributed by atoms with Crippen LogP contribution in [0.3, 0.4) is 0 Å². The van der Waals surface area contributed by atoms with Gasteiger partial charge >= 0.3 is 0 Å². The molecule has 0 spiro atoms. The van der Waals surface area contributed by atoms with Gasteiger partial charge in [-0.2, -0.15) is 0 Å². The number of pyridine rings is 1. The highest BCUT2D eigenvalue weighted by Crippen LogP contribution is 2.27. The van der Waals surface area contributed by atoms with E-state index >= 15 is 0 Å². The van der Waals surface area contributed by atoms with Gasteiger partial charge in [0.25, 0.3) is 0 Å². The van der Waals surface area contributed by atoms with Gasteiger partial charge in [0.15, 0.2) is 0 Å². The van der Waals surface area contributed by atoms with Gasteiger partial charge in [0.2, 0.25) is 5.91 Å². The van der Waals surface area contributed by atoms with Crippen LogP contribution in [-0.2, 0) is 4.79 Å². The summed E-state index contributed by atoms with van der Waals surface area (Å²) in [5.74, 6) is 0.133. The molecule has 0 bridgehead atoms. The van der Waals surface area contributed by atoms with Crippen LogP contribution in [0, 0.1) is 12.7 Å². The monoisotopic (exact) mass is 312 g/mol. The summed E-state index contributed by atoms with van der Waals surface area (Å²) in [6, 6.07) is 8.50. The van der Waals surface area contributed by atoms with Crippen molar-refractivity contribution in [3.63, 3.8) is 0 Å². The minimum absolute atomic E-state index is 0.152. The number of nitrogens with one attached hydrogen (secondary N) is 1. The molecule has 0 aliphatic carbocycles. The first-order chi connectivity index (χ1) is 11.0. The number of anilines is 1. The van der Waals surface area contributed by atoms with E-state index in [1.807, 2.05) is 13.0 Å². The zero-order valence-corrected chi connectivity index (χ0v) is 13.7. The van der Waals surface area contributed by atoms with E-state index in [-0.39, 0.29) is 11.7 Å². The Bertz CT molecular complexity index is 721. The second kappa shape index (κ2) is 7.68. The smallest absolute Gasteiger partial charge is 0.222 e. The fourth-order valence-corrected chi connectivity index (χ4v) is 2.41. The quantitative estimate of drug-likeness (QED) is 0.868. The third-order valence-electron chi connectivity index (χ3n) is 3.49. The summed E-state index contributed by atoms with van der Waals surface area (Å²) in [4.78, 5) is 15.3. The number of rotatable bonds is 5. The molecule has 0 unspecified atom stereocenters. The molecule has 0 radical (unpaired) electrons. The maximum Gasteiger partial charge on any atom is 0.222 e. The van der Waals surface area contributed by atoms with Crippen molar-refractivity contribution in [2.24, 2.45) is 0 Å². The fourth-order valence-electron chi connectivity index (χ4n) is 2.41. The van der Waals surface area contributed by atoms with E-state index in [1.54, 1.807) is 18.3 Å². The predicted octanol–water partition coefficient (Wildman–Crippen LogP) is 4.72. The molecule has 3 nitrogen and oxygen atoms in total. The third-order valence-corrected chi connectivity index (χ3v) is 3.49. The minimum Gasteiger partial charge on any atom is -0.311 e. The number of benzene rings is 1. The van der Waals surface area contributed by atoms with Crippen LogP contribution in [0.1, 0.15) is 43.4 Å². The number of carbonyl (C=O) groups excluding carboxylic acids is 1. The summed E-state index contributed by atoms with van der Waals surface area (Å²) in [5, 5.41) is 2.65. The highest BCUT2D eigenvalue weighted by molar-refractivity contribution is 5.88. The highest BCUT2D eigenvalue weighted by Gasteiger charge is 2.09. The lowest BCUT2D eigenvalue weighted by Crippen LogP contribution is -2.07. The van der Waals surface area contributed by atoms with Gasteiger partial charge < -0.3 is 5.32 Å². The van der Waals surface area contributed by atoms with Gasteiger partial charge in [0, 0.05) is 18.7 Å². The van der Waals surface area contributed by atoms with Gasteiger partial charge in [-0.1, -0.05) is 25.5 Å². The number of hydrogen-bond donors (Lipinski definition) is 1. The second-order valence-electron chi connectivity index (χ2n) is 5.48. The van der Waals surface area contributed by atoms with Crippen molar-refractivity contribution in [1.82, 2.24) is 4.98 Å². The predicted molar refractivity (Wildman–Crippen MR) is 91.7 cm³/mol. The van der Waals surface area contributed by atoms with E-state index in [2.05, 4.69) is 23.3 Å². The summed E-state index contributed by atoms with van der Waals surface area (Å²) in [7, 11) is 0. The Morgan fingerprint density at radius 2 is 2.09 bits per heavy atom. The molecule has 0 fully saturated rings. The first-order valence-electron chi connectivity index (χ1n) is 7.72. The fraction of sp³-hybridized carbons (Fsp3) is 0.263. The highest BCUT2D eigenvalue weighted by atomic mass is 19.1. The van der Waals surface area contributed by atoms with Crippen LogP contribution in [0.4, 0.5) is 10.2 Å². The van der Waals surface area contributed by atoms with E-state index in [0.29, 0.717) is 5.82 Å². The van der Waals surface area contributed by atoms with Gasteiger partial charge in [0.05, 0.1) is 0 Å². The Morgan fingerprint density at radius 1 is 1.30 bits per heavy atom. The first-order valence-corrected chi connectivity index (χ1v) is 7.72. The Kier molecular flexibility index (Phi) is 5.63. The van der Waals surface area contributed by atoms with Crippen LogP contribution < -0.4 is 5.32 Å². The third kappa shape index (κ3) is 4.49. The SMILES string of the molecule is CCCC=C(c1ccc(NC(C)=O)nc1)c1ccc(F)cc1C. The van der Waals surface area contributed by atoms with Gasteiger partial charge in [-0.15, -0.1) is 0 Å². The van der Waals surface area contributed by atoms with Crippen LogP contribution in [0.15, 0.2) is 42.6 Å². The molecule has 0 saturated heterocycles. The molecule has 2 aromatic rings. The molecule has 0 saturated carbocycles. The molecular weight excluding hydrogens is 291 g/mol. The number of hydrogen-bond acceptors (Lipinski definition) is 2. The Balaban J connectivity index is 2.41. The Labute approximate surface area is 136 Å². The van der Waals surface area contributed by atoms with Crippen molar-refractivity contribution in [1.29, 1.82) is 0 Å². The van der Waals surface area contributed by atoms with Crippen molar-refractivity contribution in [2.75, 3.05) is 5.32 Å². The summed E-state index contributed by atoms with van der Waals surface area (Å²) >= 11 is 0. The van der Waals surface area contributed by atoms with Crippen molar-refractivity contribution in [3.8, 4) is 0 Å². The molecule has 1 heterocycles. The average Bonchev–Trinajstić information content (AvgIpc) is 2.50. The normalized spacial score (nSPS) is 11.4. The lowest BCUT2D eigenvalue weighted by atomic mass is 9.94. The molecule has 4 heteroatoms.